The standard InChI is InChI=1S/C16H14ClN3O5/c1-8(21)20-16(2)11(12(18-20)14(23)25-3)13(22)19(15(16)24)10-6-4-5-9(17)7-10/h4-7,11H,1-3H3. The maximum Gasteiger partial charge on any atom is 0.355 e. The van der Waals surface area contributed by atoms with E-state index in [9.17, 15) is 19.2 Å². The number of carbonyl (C=O) groups excluding carboxylic acids is 4. The molecule has 2 unspecified atom stereocenters. The first-order valence-electron chi connectivity index (χ1n) is 7.35. The van der Waals surface area contributed by atoms with Crippen molar-refractivity contribution in [2.45, 2.75) is 19.4 Å². The van der Waals surface area contributed by atoms with Gasteiger partial charge in [0, 0.05) is 11.9 Å². The summed E-state index contributed by atoms with van der Waals surface area (Å²) in [5, 5.41) is 5.10. The molecule has 1 aromatic carbocycles. The van der Waals surface area contributed by atoms with Crippen LogP contribution in [0.3, 0.4) is 0 Å². The van der Waals surface area contributed by atoms with E-state index in [1.807, 2.05) is 0 Å². The Bertz CT molecular complexity index is 852. The Balaban J connectivity index is 2.16. The van der Waals surface area contributed by atoms with Gasteiger partial charge in [0.05, 0.1) is 12.8 Å². The van der Waals surface area contributed by atoms with Crippen molar-refractivity contribution in [3.8, 4) is 0 Å². The van der Waals surface area contributed by atoms with E-state index >= 15 is 0 Å². The van der Waals surface area contributed by atoms with Crippen molar-refractivity contribution in [3.05, 3.63) is 29.3 Å². The molecule has 0 N–H and O–H groups in total. The van der Waals surface area contributed by atoms with Crippen LogP contribution in [0.5, 0.6) is 0 Å². The molecular weight excluding hydrogens is 350 g/mol. The van der Waals surface area contributed by atoms with Crippen molar-refractivity contribution in [1.29, 1.82) is 0 Å². The second-order valence-electron chi connectivity index (χ2n) is 5.85. The SMILES string of the molecule is COC(=O)C1=NN(C(C)=O)C2(C)C(=O)N(c3cccc(Cl)c3)C(=O)C12. The third-order valence-corrected chi connectivity index (χ3v) is 4.58. The molecule has 1 aromatic rings. The minimum atomic E-state index is -1.63. The summed E-state index contributed by atoms with van der Waals surface area (Å²) >= 11 is 5.94. The summed E-state index contributed by atoms with van der Waals surface area (Å²) in [6.07, 6.45) is 0. The maximum atomic E-state index is 13.0. The number of rotatable bonds is 2. The molecule has 0 saturated carbocycles. The fourth-order valence-electron chi connectivity index (χ4n) is 3.21. The highest BCUT2D eigenvalue weighted by atomic mass is 35.5. The molecule has 2 atom stereocenters. The number of hydrazone groups is 1. The third-order valence-electron chi connectivity index (χ3n) is 4.35. The predicted octanol–water partition coefficient (Wildman–Crippen LogP) is 0.979. The van der Waals surface area contributed by atoms with Gasteiger partial charge in [0.2, 0.25) is 11.8 Å². The van der Waals surface area contributed by atoms with Gasteiger partial charge in [0.15, 0.2) is 11.3 Å². The second-order valence-corrected chi connectivity index (χ2v) is 6.28. The number of hydrogen-bond acceptors (Lipinski definition) is 6. The van der Waals surface area contributed by atoms with Crippen molar-refractivity contribution in [3.63, 3.8) is 0 Å². The molecule has 130 valence electrons. The van der Waals surface area contributed by atoms with E-state index in [2.05, 4.69) is 9.84 Å². The van der Waals surface area contributed by atoms with Gasteiger partial charge in [-0.3, -0.25) is 14.4 Å². The first-order chi connectivity index (χ1) is 11.7. The monoisotopic (exact) mass is 363 g/mol. The number of fused-ring (bicyclic) bond motifs is 1. The summed E-state index contributed by atoms with van der Waals surface area (Å²) in [6.45, 7) is 2.61. The lowest BCUT2D eigenvalue weighted by molar-refractivity contribution is -0.142. The topological polar surface area (TPSA) is 96.3 Å². The van der Waals surface area contributed by atoms with Crippen LogP contribution in [0.4, 0.5) is 5.69 Å². The number of amides is 3. The van der Waals surface area contributed by atoms with Gasteiger partial charge >= 0.3 is 5.97 Å². The molecule has 2 aliphatic heterocycles. The predicted molar refractivity (Wildman–Crippen MR) is 87.8 cm³/mol. The van der Waals surface area contributed by atoms with Crippen LogP contribution in [0.1, 0.15) is 13.8 Å². The van der Waals surface area contributed by atoms with Gasteiger partial charge < -0.3 is 4.74 Å². The molecule has 1 saturated heterocycles. The summed E-state index contributed by atoms with van der Waals surface area (Å²) in [5.41, 5.74) is -1.65. The van der Waals surface area contributed by atoms with Crippen molar-refractivity contribution >= 4 is 46.7 Å². The molecule has 3 amide bonds. The summed E-state index contributed by atoms with van der Waals surface area (Å²) < 4.78 is 4.65. The fraction of sp³-hybridized carbons (Fsp3) is 0.312. The average Bonchev–Trinajstić information content (AvgIpc) is 2.97. The van der Waals surface area contributed by atoms with Crippen molar-refractivity contribution in [2.75, 3.05) is 12.0 Å². The molecule has 0 aliphatic carbocycles. The number of benzene rings is 1. The summed E-state index contributed by atoms with van der Waals surface area (Å²) in [4.78, 5) is 50.9. The van der Waals surface area contributed by atoms with E-state index in [1.54, 1.807) is 18.2 Å². The highest BCUT2D eigenvalue weighted by Gasteiger charge is 2.67. The first-order valence-corrected chi connectivity index (χ1v) is 7.72. The van der Waals surface area contributed by atoms with Gasteiger partial charge in [0.25, 0.3) is 5.91 Å². The van der Waals surface area contributed by atoms with Crippen LogP contribution in [0.2, 0.25) is 5.02 Å². The molecule has 0 aromatic heterocycles. The minimum absolute atomic E-state index is 0.255. The Labute approximate surface area is 148 Å². The largest absolute Gasteiger partial charge is 0.464 e. The van der Waals surface area contributed by atoms with Crippen LogP contribution in [-0.2, 0) is 23.9 Å². The van der Waals surface area contributed by atoms with Crippen LogP contribution in [0, 0.1) is 5.92 Å². The molecular formula is C16H14ClN3O5. The minimum Gasteiger partial charge on any atom is -0.464 e. The molecule has 2 aliphatic rings. The van der Waals surface area contributed by atoms with E-state index in [-0.39, 0.29) is 11.4 Å². The highest BCUT2D eigenvalue weighted by molar-refractivity contribution is 6.47. The average molecular weight is 364 g/mol. The molecule has 1 fully saturated rings. The van der Waals surface area contributed by atoms with Gasteiger partial charge in [-0.05, 0) is 25.1 Å². The van der Waals surface area contributed by atoms with Crippen molar-refractivity contribution < 1.29 is 23.9 Å². The number of nitrogens with zero attached hydrogens (tertiary/aromatic N) is 3. The number of anilines is 1. The molecule has 25 heavy (non-hydrogen) atoms. The summed E-state index contributed by atoms with van der Waals surface area (Å²) in [7, 11) is 1.13. The third kappa shape index (κ3) is 2.25. The number of esters is 1. The Morgan fingerprint density at radius 2 is 2.00 bits per heavy atom. The number of ether oxygens (including phenoxy) is 1. The number of hydrogen-bond donors (Lipinski definition) is 0. The van der Waals surface area contributed by atoms with Crippen LogP contribution >= 0.6 is 11.6 Å². The summed E-state index contributed by atoms with van der Waals surface area (Å²) in [6, 6.07) is 6.18. The first kappa shape index (κ1) is 17.1. The maximum absolute atomic E-state index is 13.0. The molecule has 2 heterocycles. The summed E-state index contributed by atoms with van der Waals surface area (Å²) in [5.74, 6) is -4.00. The van der Waals surface area contributed by atoms with E-state index in [0.29, 0.717) is 5.02 Å². The van der Waals surface area contributed by atoms with E-state index in [0.717, 1.165) is 17.0 Å². The smallest absolute Gasteiger partial charge is 0.355 e. The normalized spacial score (nSPS) is 25.1. The van der Waals surface area contributed by atoms with Crippen LogP contribution in [-0.4, -0.2) is 47.1 Å². The fourth-order valence-corrected chi connectivity index (χ4v) is 3.39. The zero-order valence-electron chi connectivity index (χ0n) is 13.6. The van der Waals surface area contributed by atoms with Gasteiger partial charge in [-0.25, -0.2) is 14.7 Å². The van der Waals surface area contributed by atoms with E-state index in [1.165, 1.54) is 19.9 Å². The Morgan fingerprint density at radius 3 is 2.56 bits per heavy atom. The quantitative estimate of drug-likeness (QED) is 0.576. The molecule has 8 nitrogen and oxygen atoms in total. The zero-order valence-corrected chi connectivity index (χ0v) is 14.4. The second kappa shape index (κ2) is 5.66. The Kier molecular flexibility index (Phi) is 3.87. The van der Waals surface area contributed by atoms with Gasteiger partial charge in [0.1, 0.15) is 5.92 Å². The number of methoxy groups -OCH3 is 1. The van der Waals surface area contributed by atoms with Crippen LogP contribution < -0.4 is 4.90 Å². The Morgan fingerprint density at radius 1 is 1.32 bits per heavy atom. The van der Waals surface area contributed by atoms with E-state index in [4.69, 9.17) is 11.6 Å². The molecule has 0 spiro atoms. The van der Waals surface area contributed by atoms with E-state index < -0.39 is 35.1 Å². The highest BCUT2D eigenvalue weighted by Crippen LogP contribution is 2.43. The van der Waals surface area contributed by atoms with Crippen molar-refractivity contribution in [2.24, 2.45) is 11.0 Å². The van der Waals surface area contributed by atoms with Crippen LogP contribution in [0.15, 0.2) is 29.4 Å². The van der Waals surface area contributed by atoms with Gasteiger partial charge in [-0.1, -0.05) is 17.7 Å². The van der Waals surface area contributed by atoms with Crippen molar-refractivity contribution in [1.82, 2.24) is 5.01 Å². The molecule has 0 bridgehead atoms. The Hall–Kier alpha value is -2.74. The number of imide groups is 1. The molecule has 0 radical (unpaired) electrons. The lowest BCUT2D eigenvalue weighted by Gasteiger charge is -2.28. The van der Waals surface area contributed by atoms with Crippen LogP contribution in [0.25, 0.3) is 0 Å². The lowest BCUT2D eigenvalue weighted by atomic mass is 9.85. The molecule has 9 heteroatoms. The number of halogens is 1. The zero-order chi connectivity index (χ0) is 18.5. The molecule has 3 rings (SSSR count). The van der Waals surface area contributed by atoms with Gasteiger partial charge in [-0.2, -0.15) is 5.10 Å². The lowest BCUT2D eigenvalue weighted by Crippen LogP contribution is -2.52. The van der Waals surface area contributed by atoms with Gasteiger partial charge in [-0.15, -0.1) is 0 Å². The number of carbonyl (C=O) groups is 4.